The average Bonchev–Trinajstić information content (AvgIpc) is 1.60. The SMILES string of the molecule is CNC(C)(C)CC(F)(F)F. The molecule has 0 aromatic heterocycles. The molecule has 0 atom stereocenters. The maximum absolute atomic E-state index is 11.7. The Morgan fingerprint density at radius 2 is 1.60 bits per heavy atom. The zero-order valence-corrected chi connectivity index (χ0v) is 6.34. The normalized spacial score (nSPS) is 13.8. The molecule has 0 rings (SSSR count). The molecule has 0 spiro atoms. The van der Waals surface area contributed by atoms with E-state index in [1.807, 2.05) is 0 Å². The van der Waals surface area contributed by atoms with Crippen LogP contribution in [0, 0.1) is 0 Å². The number of hydrogen-bond donors (Lipinski definition) is 1. The van der Waals surface area contributed by atoms with Gasteiger partial charge >= 0.3 is 6.18 Å². The molecule has 0 fully saturated rings. The van der Waals surface area contributed by atoms with Gasteiger partial charge in [0.2, 0.25) is 0 Å². The molecule has 10 heavy (non-hydrogen) atoms. The summed E-state index contributed by atoms with van der Waals surface area (Å²) in [6, 6.07) is 0. The van der Waals surface area contributed by atoms with Gasteiger partial charge in [-0.05, 0) is 20.9 Å². The first-order chi connectivity index (χ1) is 4.27. The maximum atomic E-state index is 11.7. The Balaban J connectivity index is 3.89. The molecule has 1 nitrogen and oxygen atoms in total. The lowest BCUT2D eigenvalue weighted by atomic mass is 10.0. The second kappa shape index (κ2) is 2.78. The third kappa shape index (κ3) is 4.61. The number of nitrogens with one attached hydrogen (secondary N) is 1. The number of rotatable bonds is 2. The maximum Gasteiger partial charge on any atom is 0.390 e. The Hall–Kier alpha value is -0.250. The largest absolute Gasteiger partial charge is 0.390 e. The van der Waals surface area contributed by atoms with Crippen LogP contribution in [0.5, 0.6) is 0 Å². The van der Waals surface area contributed by atoms with Crippen molar-refractivity contribution in [3.63, 3.8) is 0 Å². The van der Waals surface area contributed by atoms with Crippen LogP contribution in [0.25, 0.3) is 0 Å². The van der Waals surface area contributed by atoms with Crippen molar-refractivity contribution in [1.82, 2.24) is 5.32 Å². The Kier molecular flexibility index (Phi) is 2.71. The molecule has 1 N–H and O–H groups in total. The summed E-state index contributed by atoms with van der Waals surface area (Å²) in [4.78, 5) is 0. The number of alkyl halides is 3. The van der Waals surface area contributed by atoms with Crippen molar-refractivity contribution in [3.05, 3.63) is 0 Å². The Morgan fingerprint density at radius 3 is 1.70 bits per heavy atom. The van der Waals surface area contributed by atoms with Gasteiger partial charge in [0.15, 0.2) is 0 Å². The molecule has 0 unspecified atom stereocenters. The summed E-state index contributed by atoms with van der Waals surface area (Å²) in [7, 11) is 1.52. The molecule has 0 saturated carbocycles. The standard InChI is InChI=1S/C6H12F3N/c1-5(2,10-3)4-6(7,8)9/h10H,4H2,1-3H3. The highest BCUT2D eigenvalue weighted by atomic mass is 19.4. The summed E-state index contributed by atoms with van der Waals surface area (Å²) < 4.78 is 35.1. The summed E-state index contributed by atoms with van der Waals surface area (Å²) >= 11 is 0. The van der Waals surface area contributed by atoms with E-state index >= 15 is 0 Å². The monoisotopic (exact) mass is 155 g/mol. The molecule has 0 radical (unpaired) electrons. The van der Waals surface area contributed by atoms with Crippen molar-refractivity contribution in [3.8, 4) is 0 Å². The first-order valence-electron chi connectivity index (χ1n) is 3.02. The molecule has 0 aromatic carbocycles. The lowest BCUT2D eigenvalue weighted by Crippen LogP contribution is -2.40. The average molecular weight is 155 g/mol. The molecule has 0 aliphatic carbocycles. The molecule has 0 aliphatic heterocycles. The van der Waals surface area contributed by atoms with Crippen molar-refractivity contribution in [2.45, 2.75) is 32.0 Å². The van der Waals surface area contributed by atoms with E-state index in [1.54, 1.807) is 0 Å². The van der Waals surface area contributed by atoms with Crippen LogP contribution in [0.1, 0.15) is 20.3 Å². The fraction of sp³-hybridized carbons (Fsp3) is 1.00. The van der Waals surface area contributed by atoms with Gasteiger partial charge in [-0.25, -0.2) is 0 Å². The van der Waals surface area contributed by atoms with Gasteiger partial charge in [-0.1, -0.05) is 0 Å². The van der Waals surface area contributed by atoms with Crippen molar-refractivity contribution < 1.29 is 13.2 Å². The molecule has 0 heterocycles. The van der Waals surface area contributed by atoms with Gasteiger partial charge in [-0.3, -0.25) is 0 Å². The topological polar surface area (TPSA) is 12.0 Å². The van der Waals surface area contributed by atoms with Gasteiger partial charge in [-0.2, -0.15) is 13.2 Å². The van der Waals surface area contributed by atoms with Crippen LogP contribution in [0.2, 0.25) is 0 Å². The number of halogens is 3. The zero-order chi connectivity index (χ0) is 8.41. The van der Waals surface area contributed by atoms with Gasteiger partial charge < -0.3 is 5.32 Å². The lowest BCUT2D eigenvalue weighted by molar-refractivity contribution is -0.146. The van der Waals surface area contributed by atoms with Crippen LogP contribution in [-0.2, 0) is 0 Å². The summed E-state index contributed by atoms with van der Waals surface area (Å²) in [6.45, 7) is 3.03. The van der Waals surface area contributed by atoms with E-state index in [1.165, 1.54) is 20.9 Å². The van der Waals surface area contributed by atoms with Crippen LogP contribution >= 0.6 is 0 Å². The Labute approximate surface area is 58.6 Å². The van der Waals surface area contributed by atoms with E-state index < -0.39 is 18.1 Å². The molecular formula is C6H12F3N. The van der Waals surface area contributed by atoms with E-state index in [0.29, 0.717) is 0 Å². The first-order valence-corrected chi connectivity index (χ1v) is 3.02. The van der Waals surface area contributed by atoms with Crippen molar-refractivity contribution in [2.75, 3.05) is 7.05 Å². The summed E-state index contributed by atoms with van der Waals surface area (Å²) in [5.41, 5.74) is -0.849. The van der Waals surface area contributed by atoms with E-state index in [0.717, 1.165) is 0 Å². The van der Waals surface area contributed by atoms with E-state index in [9.17, 15) is 13.2 Å². The van der Waals surface area contributed by atoms with Crippen LogP contribution in [0.15, 0.2) is 0 Å². The fourth-order valence-electron chi connectivity index (χ4n) is 0.590. The predicted octanol–water partition coefficient (Wildman–Crippen LogP) is 1.94. The smallest absolute Gasteiger partial charge is 0.314 e. The fourth-order valence-corrected chi connectivity index (χ4v) is 0.590. The van der Waals surface area contributed by atoms with Gasteiger partial charge in [0.1, 0.15) is 0 Å². The molecule has 4 heteroatoms. The molecule has 0 aromatic rings. The lowest BCUT2D eigenvalue weighted by Gasteiger charge is -2.24. The van der Waals surface area contributed by atoms with E-state index in [4.69, 9.17) is 0 Å². The minimum absolute atomic E-state index is 0.795. The predicted molar refractivity (Wildman–Crippen MR) is 33.8 cm³/mol. The van der Waals surface area contributed by atoms with Gasteiger partial charge in [0.05, 0.1) is 6.42 Å². The van der Waals surface area contributed by atoms with Gasteiger partial charge in [-0.15, -0.1) is 0 Å². The van der Waals surface area contributed by atoms with Crippen molar-refractivity contribution in [1.29, 1.82) is 0 Å². The van der Waals surface area contributed by atoms with Gasteiger partial charge in [0, 0.05) is 5.54 Å². The third-order valence-corrected chi connectivity index (χ3v) is 1.32. The highest BCUT2D eigenvalue weighted by Gasteiger charge is 2.35. The molecule has 0 bridgehead atoms. The van der Waals surface area contributed by atoms with Crippen molar-refractivity contribution >= 4 is 0 Å². The molecule has 0 aliphatic rings. The summed E-state index contributed by atoms with van der Waals surface area (Å²) in [5, 5.41) is 2.58. The minimum Gasteiger partial charge on any atom is -0.314 e. The van der Waals surface area contributed by atoms with Crippen LogP contribution < -0.4 is 5.32 Å². The number of hydrogen-bond acceptors (Lipinski definition) is 1. The Morgan fingerprint density at radius 1 is 1.20 bits per heavy atom. The first kappa shape index (κ1) is 9.75. The highest BCUT2D eigenvalue weighted by molar-refractivity contribution is 4.78. The van der Waals surface area contributed by atoms with Crippen molar-refractivity contribution in [2.24, 2.45) is 0 Å². The van der Waals surface area contributed by atoms with E-state index in [-0.39, 0.29) is 0 Å². The molecule has 0 amide bonds. The highest BCUT2D eigenvalue weighted by Crippen LogP contribution is 2.26. The second-order valence-corrected chi connectivity index (χ2v) is 2.93. The zero-order valence-electron chi connectivity index (χ0n) is 6.34. The molecule has 0 saturated heterocycles. The summed E-state index contributed by atoms with van der Waals surface area (Å²) in [6.07, 6.45) is -4.87. The van der Waals surface area contributed by atoms with E-state index in [2.05, 4.69) is 5.32 Å². The summed E-state index contributed by atoms with van der Waals surface area (Å²) in [5.74, 6) is 0. The van der Waals surface area contributed by atoms with Crippen LogP contribution in [0.4, 0.5) is 13.2 Å². The van der Waals surface area contributed by atoms with Crippen LogP contribution in [-0.4, -0.2) is 18.8 Å². The van der Waals surface area contributed by atoms with Crippen LogP contribution in [0.3, 0.4) is 0 Å². The molecular weight excluding hydrogens is 143 g/mol. The van der Waals surface area contributed by atoms with Gasteiger partial charge in [0.25, 0.3) is 0 Å². The Bertz CT molecular complexity index is 106. The molecule has 62 valence electrons. The minimum atomic E-state index is -4.08. The quantitative estimate of drug-likeness (QED) is 0.642. The second-order valence-electron chi connectivity index (χ2n) is 2.93. The third-order valence-electron chi connectivity index (χ3n) is 1.32.